The fraction of sp³-hybridized carbons (Fsp3) is 0.400. The van der Waals surface area contributed by atoms with Crippen LogP contribution in [0.25, 0.3) is 0 Å². The molecule has 0 unspecified atom stereocenters. The van der Waals surface area contributed by atoms with Gasteiger partial charge >= 0.3 is 0 Å². The first-order valence-electron chi connectivity index (χ1n) is 8.74. The van der Waals surface area contributed by atoms with Gasteiger partial charge in [-0.15, -0.1) is 0 Å². The first kappa shape index (κ1) is 15.9. The Kier molecular flexibility index (Phi) is 3.97. The summed E-state index contributed by atoms with van der Waals surface area (Å²) in [6.07, 6.45) is 5.26. The molecule has 0 aromatic heterocycles. The van der Waals surface area contributed by atoms with E-state index in [1.807, 2.05) is 36.4 Å². The van der Waals surface area contributed by atoms with E-state index in [4.69, 9.17) is 0 Å². The van der Waals surface area contributed by atoms with E-state index < -0.39 is 9.84 Å². The van der Waals surface area contributed by atoms with E-state index in [-0.39, 0.29) is 17.3 Å². The molecule has 24 heavy (non-hydrogen) atoms. The average Bonchev–Trinajstić information content (AvgIpc) is 2.69. The second-order valence-corrected chi connectivity index (χ2v) is 9.08. The van der Waals surface area contributed by atoms with Crippen molar-refractivity contribution in [3.8, 4) is 0 Å². The molecular formula is C20H23NO2S. The predicted octanol–water partition coefficient (Wildman–Crippen LogP) is 3.86. The van der Waals surface area contributed by atoms with Crippen LogP contribution in [-0.2, 0) is 9.84 Å². The molecule has 1 saturated carbocycles. The molecule has 1 aliphatic heterocycles. The van der Waals surface area contributed by atoms with Crippen LogP contribution in [0.4, 0.5) is 0 Å². The number of rotatable bonds is 1. The summed E-state index contributed by atoms with van der Waals surface area (Å²) >= 11 is 0. The van der Waals surface area contributed by atoms with Gasteiger partial charge in [-0.3, -0.25) is 5.32 Å². The van der Waals surface area contributed by atoms with Crippen molar-refractivity contribution in [2.45, 2.75) is 48.6 Å². The molecule has 0 bridgehead atoms. The fourth-order valence-corrected chi connectivity index (χ4v) is 6.38. The summed E-state index contributed by atoms with van der Waals surface area (Å²) < 4.78 is 26.2. The van der Waals surface area contributed by atoms with Crippen molar-refractivity contribution in [2.24, 2.45) is 0 Å². The molecule has 4 heteroatoms. The topological polar surface area (TPSA) is 46.2 Å². The number of fused-ring (bicyclic) bond motifs is 1. The number of hydrogen-bond acceptors (Lipinski definition) is 3. The lowest BCUT2D eigenvalue weighted by Gasteiger charge is -2.39. The van der Waals surface area contributed by atoms with Crippen LogP contribution in [0.1, 0.15) is 49.3 Å². The highest BCUT2D eigenvalue weighted by Crippen LogP contribution is 2.40. The van der Waals surface area contributed by atoms with Crippen molar-refractivity contribution in [1.82, 2.24) is 5.32 Å². The van der Waals surface area contributed by atoms with Crippen LogP contribution in [-0.4, -0.2) is 19.7 Å². The Morgan fingerprint density at radius 3 is 2.29 bits per heavy atom. The van der Waals surface area contributed by atoms with Crippen LogP contribution < -0.4 is 5.32 Å². The molecule has 1 N–H and O–H groups in total. The van der Waals surface area contributed by atoms with Crippen molar-refractivity contribution < 1.29 is 8.42 Å². The molecule has 0 radical (unpaired) electrons. The van der Waals surface area contributed by atoms with Crippen molar-refractivity contribution in [1.29, 1.82) is 0 Å². The largest absolute Gasteiger partial charge is 0.300 e. The summed E-state index contributed by atoms with van der Waals surface area (Å²) in [5, 5.41) is 3.78. The summed E-state index contributed by atoms with van der Waals surface area (Å²) in [7, 11) is -3.29. The summed E-state index contributed by atoms with van der Waals surface area (Å²) in [6.45, 7) is 0. The molecule has 4 rings (SSSR count). The lowest BCUT2D eigenvalue weighted by atomic mass is 9.81. The summed E-state index contributed by atoms with van der Waals surface area (Å²) in [5.41, 5.74) is 1.70. The number of hydrogen-bond donors (Lipinski definition) is 1. The molecule has 0 amide bonds. The van der Waals surface area contributed by atoms with Crippen molar-refractivity contribution in [3.05, 3.63) is 65.7 Å². The maximum Gasteiger partial charge on any atom is 0.180 e. The van der Waals surface area contributed by atoms with E-state index in [0.717, 1.165) is 36.8 Å². The normalized spacial score (nSPS) is 24.9. The minimum Gasteiger partial charge on any atom is -0.300 e. The van der Waals surface area contributed by atoms with Crippen LogP contribution in [0.3, 0.4) is 0 Å². The highest BCUT2D eigenvalue weighted by molar-refractivity contribution is 7.91. The third-order valence-electron chi connectivity index (χ3n) is 5.43. The predicted molar refractivity (Wildman–Crippen MR) is 95.7 cm³/mol. The van der Waals surface area contributed by atoms with Gasteiger partial charge in [0.1, 0.15) is 0 Å². The van der Waals surface area contributed by atoms with Gasteiger partial charge in [0.25, 0.3) is 0 Å². The number of nitrogens with one attached hydrogen (secondary N) is 1. The van der Waals surface area contributed by atoms with E-state index in [1.165, 1.54) is 6.42 Å². The van der Waals surface area contributed by atoms with E-state index >= 15 is 0 Å². The maximum absolute atomic E-state index is 13.1. The monoisotopic (exact) mass is 341 g/mol. The van der Waals surface area contributed by atoms with Gasteiger partial charge in [0.2, 0.25) is 0 Å². The zero-order valence-electron chi connectivity index (χ0n) is 13.7. The molecule has 1 aliphatic carbocycles. The summed E-state index contributed by atoms with van der Waals surface area (Å²) in [6, 6.07) is 17.6. The third-order valence-corrected chi connectivity index (χ3v) is 7.40. The SMILES string of the molecule is O=S1(=O)CC2(CCCCC2)N[C@H](c2ccccc2)c2ccccc21. The molecular weight excluding hydrogens is 318 g/mol. The van der Waals surface area contributed by atoms with E-state index in [0.29, 0.717) is 4.90 Å². The van der Waals surface area contributed by atoms with Crippen LogP contribution in [0.2, 0.25) is 0 Å². The molecule has 1 fully saturated rings. The molecule has 1 atom stereocenters. The summed E-state index contributed by atoms with van der Waals surface area (Å²) in [4.78, 5) is 0.494. The van der Waals surface area contributed by atoms with Gasteiger partial charge in [0.15, 0.2) is 9.84 Å². The van der Waals surface area contributed by atoms with Crippen molar-refractivity contribution in [2.75, 3.05) is 5.75 Å². The molecule has 3 nitrogen and oxygen atoms in total. The minimum absolute atomic E-state index is 0.0715. The Balaban J connectivity index is 1.89. The molecule has 2 aromatic rings. The van der Waals surface area contributed by atoms with Gasteiger partial charge in [-0.25, -0.2) is 8.42 Å². The first-order valence-corrected chi connectivity index (χ1v) is 10.4. The van der Waals surface area contributed by atoms with Crippen LogP contribution >= 0.6 is 0 Å². The molecule has 126 valence electrons. The highest BCUT2D eigenvalue weighted by atomic mass is 32.2. The summed E-state index contributed by atoms with van der Waals surface area (Å²) in [5.74, 6) is 0.209. The van der Waals surface area contributed by atoms with Gasteiger partial charge < -0.3 is 0 Å². The van der Waals surface area contributed by atoms with E-state index in [2.05, 4.69) is 17.4 Å². The minimum atomic E-state index is -3.29. The maximum atomic E-state index is 13.1. The van der Waals surface area contributed by atoms with E-state index in [1.54, 1.807) is 6.07 Å². The zero-order valence-corrected chi connectivity index (χ0v) is 14.6. The molecule has 0 saturated heterocycles. The second kappa shape index (κ2) is 6.01. The second-order valence-electron chi connectivity index (χ2n) is 7.13. The van der Waals surface area contributed by atoms with Gasteiger partial charge in [-0.2, -0.15) is 0 Å². The van der Waals surface area contributed by atoms with Gasteiger partial charge in [0, 0.05) is 5.54 Å². The number of benzene rings is 2. The fourth-order valence-electron chi connectivity index (χ4n) is 4.29. The highest BCUT2D eigenvalue weighted by Gasteiger charge is 2.43. The Morgan fingerprint density at radius 1 is 0.875 bits per heavy atom. The standard InChI is InChI=1S/C20H23NO2S/c22-24(23)15-20(13-7-2-8-14-20)21-19(16-9-3-1-4-10-16)17-11-5-6-12-18(17)24/h1,3-6,9-12,19,21H,2,7-8,13-15H2/t19-/m1/s1. The molecule has 2 aromatic carbocycles. The Hall–Kier alpha value is -1.65. The zero-order chi connectivity index (χ0) is 16.6. The quantitative estimate of drug-likeness (QED) is 0.857. The Labute approximate surface area is 144 Å². The smallest absolute Gasteiger partial charge is 0.180 e. The first-order chi connectivity index (χ1) is 11.6. The van der Waals surface area contributed by atoms with E-state index in [9.17, 15) is 8.42 Å². The molecule has 1 spiro atoms. The average molecular weight is 341 g/mol. The third kappa shape index (κ3) is 2.78. The Morgan fingerprint density at radius 2 is 1.54 bits per heavy atom. The molecule has 1 heterocycles. The van der Waals surface area contributed by atoms with Gasteiger partial charge in [-0.1, -0.05) is 67.8 Å². The lowest BCUT2D eigenvalue weighted by molar-refractivity contribution is 0.243. The molecule has 2 aliphatic rings. The van der Waals surface area contributed by atoms with Crippen molar-refractivity contribution >= 4 is 9.84 Å². The van der Waals surface area contributed by atoms with Crippen LogP contribution in [0.15, 0.2) is 59.5 Å². The van der Waals surface area contributed by atoms with Crippen LogP contribution in [0, 0.1) is 0 Å². The Bertz CT molecular complexity index is 824. The van der Waals surface area contributed by atoms with Gasteiger partial charge in [0.05, 0.1) is 16.7 Å². The van der Waals surface area contributed by atoms with Crippen LogP contribution in [0.5, 0.6) is 0 Å². The number of sulfone groups is 1. The van der Waals surface area contributed by atoms with Gasteiger partial charge in [-0.05, 0) is 30.0 Å². The lowest BCUT2D eigenvalue weighted by Crippen LogP contribution is -2.51. The van der Waals surface area contributed by atoms with Crippen molar-refractivity contribution in [3.63, 3.8) is 0 Å².